The zero-order valence-corrected chi connectivity index (χ0v) is 20.6. The summed E-state index contributed by atoms with van der Waals surface area (Å²) in [7, 11) is -3.09. The summed E-state index contributed by atoms with van der Waals surface area (Å²) in [6, 6.07) is 9.72. The zero-order valence-electron chi connectivity index (χ0n) is 19.8. The van der Waals surface area contributed by atoms with Crippen LogP contribution in [0.2, 0.25) is 0 Å². The number of aryl methyl sites for hydroxylation is 2. The first-order chi connectivity index (χ1) is 15.7. The number of carbonyl (C=O) groups is 1. The van der Waals surface area contributed by atoms with Gasteiger partial charge in [0.25, 0.3) is 5.91 Å². The van der Waals surface area contributed by atoms with Gasteiger partial charge in [-0.2, -0.15) is 5.10 Å². The lowest BCUT2D eigenvalue weighted by Gasteiger charge is -2.13. The van der Waals surface area contributed by atoms with Gasteiger partial charge in [-0.1, -0.05) is 45.0 Å². The summed E-state index contributed by atoms with van der Waals surface area (Å²) in [5, 5.41) is 8.39. The fraction of sp³-hybridized carbons (Fsp3) is 0.480. The molecule has 3 heterocycles. The smallest absolute Gasteiger partial charge is 0.252 e. The van der Waals surface area contributed by atoms with Crippen molar-refractivity contribution in [2.24, 2.45) is 5.92 Å². The molecule has 0 bridgehead atoms. The first-order valence-electron chi connectivity index (χ1n) is 11.7. The summed E-state index contributed by atoms with van der Waals surface area (Å²) in [5.41, 5.74) is 4.60. The predicted molar refractivity (Wildman–Crippen MR) is 131 cm³/mol. The summed E-state index contributed by atoms with van der Waals surface area (Å²) in [5.74, 6) is 0.537. The van der Waals surface area contributed by atoms with Gasteiger partial charge < -0.3 is 5.32 Å². The molecule has 0 aliphatic carbocycles. The predicted octanol–water partition coefficient (Wildman–Crippen LogP) is 4.10. The van der Waals surface area contributed by atoms with Crippen molar-refractivity contribution < 1.29 is 13.2 Å². The molecule has 4 rings (SSSR count). The second kappa shape index (κ2) is 9.25. The van der Waals surface area contributed by atoms with Crippen LogP contribution in [0.15, 0.2) is 30.3 Å². The van der Waals surface area contributed by atoms with Crippen LogP contribution >= 0.6 is 0 Å². The third kappa shape index (κ3) is 4.95. The number of hydrogen-bond donors (Lipinski definition) is 1. The number of fused-ring (bicyclic) bond motifs is 1. The topological polar surface area (TPSA) is 94.0 Å². The maximum Gasteiger partial charge on any atom is 0.252 e. The van der Waals surface area contributed by atoms with Crippen LogP contribution < -0.4 is 5.32 Å². The first kappa shape index (κ1) is 23.4. The molecule has 1 amide bonds. The lowest BCUT2D eigenvalue weighted by Crippen LogP contribution is -2.25. The number of amides is 1. The zero-order chi connectivity index (χ0) is 23.8. The highest BCUT2D eigenvalue weighted by molar-refractivity contribution is 7.91. The Balaban J connectivity index is 1.84. The van der Waals surface area contributed by atoms with E-state index in [1.54, 1.807) is 4.68 Å². The van der Waals surface area contributed by atoms with Gasteiger partial charge in [0.15, 0.2) is 15.5 Å². The minimum atomic E-state index is -3.09. The SMILES string of the molecule is CCc1ccc(-c2cc(C(=O)NCCC(C)C)c3c(C)nn(C4CCS(=O)(=O)C4)c3n2)cc1. The third-order valence-corrected chi connectivity index (χ3v) is 8.05. The number of nitrogens with one attached hydrogen (secondary N) is 1. The van der Waals surface area contributed by atoms with Gasteiger partial charge in [0.1, 0.15) is 0 Å². The highest BCUT2D eigenvalue weighted by atomic mass is 32.2. The Labute approximate surface area is 195 Å². The van der Waals surface area contributed by atoms with Crippen LogP contribution in [0.3, 0.4) is 0 Å². The number of rotatable bonds is 7. The molecule has 0 saturated carbocycles. The van der Waals surface area contributed by atoms with Gasteiger partial charge in [-0.25, -0.2) is 18.1 Å². The summed E-state index contributed by atoms with van der Waals surface area (Å²) >= 11 is 0. The van der Waals surface area contributed by atoms with Crippen molar-refractivity contribution in [1.82, 2.24) is 20.1 Å². The molecule has 1 aliphatic heterocycles. The van der Waals surface area contributed by atoms with E-state index in [1.807, 2.05) is 25.1 Å². The number of nitrogens with zero attached hydrogens (tertiary/aromatic N) is 3. The van der Waals surface area contributed by atoms with Crippen molar-refractivity contribution in [3.05, 3.63) is 47.2 Å². The lowest BCUT2D eigenvalue weighted by molar-refractivity contribution is 0.0953. The molecule has 1 fully saturated rings. The van der Waals surface area contributed by atoms with Crippen molar-refractivity contribution in [2.75, 3.05) is 18.1 Å². The highest BCUT2D eigenvalue weighted by Gasteiger charge is 2.32. The molecule has 1 N–H and O–H groups in total. The average Bonchev–Trinajstić information content (AvgIpc) is 3.31. The number of aromatic nitrogens is 3. The number of hydrogen-bond acceptors (Lipinski definition) is 5. The van der Waals surface area contributed by atoms with E-state index >= 15 is 0 Å². The number of sulfone groups is 1. The maximum absolute atomic E-state index is 13.2. The molecule has 2 aromatic heterocycles. The van der Waals surface area contributed by atoms with Crippen molar-refractivity contribution in [3.63, 3.8) is 0 Å². The van der Waals surface area contributed by atoms with E-state index in [2.05, 4.69) is 43.3 Å². The molecule has 8 heteroatoms. The maximum atomic E-state index is 13.2. The standard InChI is InChI=1S/C25H32N4O3S/c1-5-18-6-8-19(9-7-18)22-14-21(25(30)26-12-10-16(2)3)23-17(4)28-29(24(23)27-22)20-11-13-33(31,32)15-20/h6-9,14,16,20H,5,10-13,15H2,1-4H3,(H,26,30). The third-order valence-electron chi connectivity index (χ3n) is 6.30. The molecular formula is C25H32N4O3S. The van der Waals surface area contributed by atoms with E-state index in [-0.39, 0.29) is 23.5 Å². The quantitative estimate of drug-likeness (QED) is 0.563. The van der Waals surface area contributed by atoms with Crippen LogP contribution in [0.5, 0.6) is 0 Å². The van der Waals surface area contributed by atoms with Gasteiger partial charge in [0, 0.05) is 12.1 Å². The molecule has 3 aromatic rings. The van der Waals surface area contributed by atoms with Gasteiger partial charge in [-0.15, -0.1) is 0 Å². The Morgan fingerprint density at radius 2 is 1.97 bits per heavy atom. The number of pyridine rings is 1. The van der Waals surface area contributed by atoms with E-state index in [0.29, 0.717) is 46.9 Å². The largest absolute Gasteiger partial charge is 0.352 e. The Kier molecular flexibility index (Phi) is 6.56. The van der Waals surface area contributed by atoms with Crippen LogP contribution in [0.4, 0.5) is 0 Å². The second-order valence-electron chi connectivity index (χ2n) is 9.33. The van der Waals surface area contributed by atoms with E-state index in [0.717, 1.165) is 18.4 Å². The Bertz CT molecular complexity index is 1280. The molecule has 1 aliphatic rings. The average molecular weight is 469 g/mol. The van der Waals surface area contributed by atoms with Crippen molar-refractivity contribution in [2.45, 2.75) is 53.0 Å². The summed E-state index contributed by atoms with van der Waals surface area (Å²) in [6.07, 6.45) is 2.34. The molecule has 1 saturated heterocycles. The van der Waals surface area contributed by atoms with Crippen LogP contribution in [0, 0.1) is 12.8 Å². The summed E-state index contributed by atoms with van der Waals surface area (Å²) in [4.78, 5) is 18.1. The summed E-state index contributed by atoms with van der Waals surface area (Å²) < 4.78 is 26.0. The Hall–Kier alpha value is -2.74. The molecule has 0 spiro atoms. The van der Waals surface area contributed by atoms with Crippen LogP contribution in [-0.4, -0.2) is 47.1 Å². The number of carbonyl (C=O) groups excluding carboxylic acids is 1. The molecule has 1 aromatic carbocycles. The normalized spacial score (nSPS) is 17.7. The molecule has 176 valence electrons. The van der Waals surface area contributed by atoms with Gasteiger partial charge in [-0.3, -0.25) is 4.79 Å². The monoisotopic (exact) mass is 468 g/mol. The summed E-state index contributed by atoms with van der Waals surface area (Å²) in [6.45, 7) is 8.80. The minimum absolute atomic E-state index is 0.0518. The fourth-order valence-electron chi connectivity index (χ4n) is 4.34. The van der Waals surface area contributed by atoms with E-state index in [9.17, 15) is 13.2 Å². The van der Waals surface area contributed by atoms with Gasteiger partial charge in [0.05, 0.1) is 39.9 Å². The van der Waals surface area contributed by atoms with Crippen LogP contribution in [-0.2, 0) is 16.3 Å². The lowest BCUT2D eigenvalue weighted by atomic mass is 10.0. The molecule has 7 nitrogen and oxygen atoms in total. The van der Waals surface area contributed by atoms with Crippen molar-refractivity contribution in [1.29, 1.82) is 0 Å². The first-order valence-corrected chi connectivity index (χ1v) is 13.5. The van der Waals surface area contributed by atoms with Gasteiger partial charge in [-0.05, 0) is 43.7 Å². The molecular weight excluding hydrogens is 436 g/mol. The molecule has 1 atom stereocenters. The highest BCUT2D eigenvalue weighted by Crippen LogP contribution is 2.32. The fourth-order valence-corrected chi connectivity index (χ4v) is 6.04. The van der Waals surface area contributed by atoms with Crippen molar-refractivity contribution >= 4 is 26.8 Å². The molecule has 33 heavy (non-hydrogen) atoms. The van der Waals surface area contributed by atoms with Crippen LogP contribution in [0.25, 0.3) is 22.3 Å². The minimum Gasteiger partial charge on any atom is -0.352 e. The Morgan fingerprint density at radius 3 is 2.58 bits per heavy atom. The molecule has 0 radical (unpaired) electrons. The van der Waals surface area contributed by atoms with E-state index in [4.69, 9.17) is 4.98 Å². The van der Waals surface area contributed by atoms with E-state index < -0.39 is 9.84 Å². The van der Waals surface area contributed by atoms with Crippen LogP contribution in [0.1, 0.15) is 61.3 Å². The number of benzene rings is 1. The van der Waals surface area contributed by atoms with Gasteiger partial charge in [0.2, 0.25) is 0 Å². The van der Waals surface area contributed by atoms with Crippen molar-refractivity contribution in [3.8, 4) is 11.3 Å². The van der Waals surface area contributed by atoms with Gasteiger partial charge >= 0.3 is 0 Å². The van der Waals surface area contributed by atoms with E-state index in [1.165, 1.54) is 5.56 Å². The Morgan fingerprint density at radius 1 is 1.24 bits per heavy atom. The second-order valence-corrected chi connectivity index (χ2v) is 11.6. The molecule has 1 unspecified atom stereocenters.